The van der Waals surface area contributed by atoms with Crippen LogP contribution in [0.2, 0.25) is 0 Å². The van der Waals surface area contributed by atoms with Crippen LogP contribution in [-0.2, 0) is 0 Å². The second kappa shape index (κ2) is 8.39. The van der Waals surface area contributed by atoms with Crippen LogP contribution in [0.5, 0.6) is 0 Å². The van der Waals surface area contributed by atoms with E-state index in [0.717, 1.165) is 48.2 Å². The molecule has 19 heavy (non-hydrogen) atoms. The molecule has 1 saturated heterocycles. The Balaban J connectivity index is 0.00000180. The molecule has 1 aliphatic heterocycles. The molecule has 2 rings (SSSR count). The van der Waals surface area contributed by atoms with Crippen molar-refractivity contribution >= 4 is 35.0 Å². The van der Waals surface area contributed by atoms with Crippen molar-refractivity contribution in [3.63, 3.8) is 0 Å². The molecule has 0 radical (unpaired) electrons. The van der Waals surface area contributed by atoms with Crippen molar-refractivity contribution in [1.82, 2.24) is 10.2 Å². The Labute approximate surface area is 134 Å². The summed E-state index contributed by atoms with van der Waals surface area (Å²) in [4.78, 5) is 2.41. The van der Waals surface area contributed by atoms with Gasteiger partial charge in [-0.3, -0.25) is 4.90 Å². The van der Waals surface area contributed by atoms with Crippen LogP contribution in [0.4, 0.5) is 4.39 Å². The van der Waals surface area contributed by atoms with Crippen LogP contribution in [0.1, 0.15) is 31.4 Å². The molecule has 1 N–H and O–H groups in total. The molecule has 0 unspecified atom stereocenters. The monoisotopic (exact) mass is 398 g/mol. The van der Waals surface area contributed by atoms with Gasteiger partial charge in [0.05, 0.1) is 0 Å². The highest BCUT2D eigenvalue weighted by atomic mass is 127. The van der Waals surface area contributed by atoms with Crippen molar-refractivity contribution in [3.05, 3.63) is 33.1 Å². The van der Waals surface area contributed by atoms with Crippen molar-refractivity contribution < 1.29 is 4.39 Å². The minimum Gasteiger partial charge on any atom is -0.314 e. The average Bonchev–Trinajstić information content (AvgIpc) is 2.40. The van der Waals surface area contributed by atoms with Gasteiger partial charge in [0.25, 0.3) is 0 Å². The van der Waals surface area contributed by atoms with Gasteiger partial charge in [0.2, 0.25) is 0 Å². The van der Waals surface area contributed by atoms with Gasteiger partial charge in [-0.1, -0.05) is 13.3 Å². The predicted octanol–water partition coefficient (Wildman–Crippen LogP) is 3.60. The van der Waals surface area contributed by atoms with Crippen molar-refractivity contribution in [2.24, 2.45) is 0 Å². The van der Waals surface area contributed by atoms with Crippen molar-refractivity contribution in [2.45, 2.75) is 25.8 Å². The zero-order chi connectivity index (χ0) is 13.0. The van der Waals surface area contributed by atoms with E-state index in [1.807, 2.05) is 12.1 Å². The lowest BCUT2D eigenvalue weighted by Crippen LogP contribution is -2.45. The van der Waals surface area contributed by atoms with Crippen LogP contribution in [0.25, 0.3) is 0 Å². The van der Waals surface area contributed by atoms with Gasteiger partial charge in [-0.15, -0.1) is 12.4 Å². The summed E-state index contributed by atoms with van der Waals surface area (Å²) in [6.07, 6.45) is 2.11. The first kappa shape index (κ1) is 17.1. The molecule has 1 fully saturated rings. The molecule has 1 aliphatic rings. The highest BCUT2D eigenvalue weighted by Gasteiger charge is 2.23. The number of nitrogens with one attached hydrogen (secondary N) is 1. The Morgan fingerprint density at radius 3 is 2.68 bits per heavy atom. The summed E-state index contributed by atoms with van der Waals surface area (Å²) in [5.74, 6) is -0.0626. The maximum atomic E-state index is 14.1. The van der Waals surface area contributed by atoms with Crippen LogP contribution in [-0.4, -0.2) is 31.1 Å². The zero-order valence-corrected chi connectivity index (χ0v) is 14.1. The molecule has 1 aromatic rings. The molecule has 0 amide bonds. The molecule has 0 aliphatic carbocycles. The van der Waals surface area contributed by atoms with Crippen molar-refractivity contribution in [2.75, 3.05) is 26.2 Å². The smallest absolute Gasteiger partial charge is 0.128 e. The lowest BCUT2D eigenvalue weighted by Gasteiger charge is -2.35. The molecular formula is C14H21ClFIN2. The van der Waals surface area contributed by atoms with Crippen LogP contribution in [0.15, 0.2) is 18.2 Å². The van der Waals surface area contributed by atoms with Gasteiger partial charge in [-0.25, -0.2) is 4.39 Å². The maximum Gasteiger partial charge on any atom is 0.128 e. The fourth-order valence-corrected chi connectivity index (χ4v) is 3.09. The zero-order valence-electron chi connectivity index (χ0n) is 11.2. The first-order valence-electron chi connectivity index (χ1n) is 6.62. The molecule has 0 saturated carbocycles. The van der Waals surface area contributed by atoms with E-state index in [2.05, 4.69) is 39.7 Å². The van der Waals surface area contributed by atoms with Crippen LogP contribution >= 0.6 is 35.0 Å². The summed E-state index contributed by atoms with van der Waals surface area (Å²) in [5.41, 5.74) is 0.866. The molecule has 1 aromatic carbocycles. The Morgan fingerprint density at radius 1 is 1.37 bits per heavy atom. The Hall–Kier alpha value is 0.0900. The van der Waals surface area contributed by atoms with Gasteiger partial charge < -0.3 is 5.32 Å². The highest BCUT2D eigenvalue weighted by Crippen LogP contribution is 2.29. The van der Waals surface area contributed by atoms with E-state index in [4.69, 9.17) is 0 Å². The fraction of sp³-hybridized carbons (Fsp3) is 0.571. The number of halogens is 3. The predicted molar refractivity (Wildman–Crippen MR) is 88.5 cm³/mol. The topological polar surface area (TPSA) is 15.3 Å². The van der Waals surface area contributed by atoms with E-state index < -0.39 is 0 Å². The quantitative estimate of drug-likeness (QED) is 0.780. The Bertz CT molecular complexity index is 397. The van der Waals surface area contributed by atoms with Crippen LogP contribution in [0, 0.1) is 9.39 Å². The third-order valence-corrected chi connectivity index (χ3v) is 4.14. The van der Waals surface area contributed by atoms with E-state index in [1.165, 1.54) is 0 Å². The van der Waals surface area contributed by atoms with Crippen LogP contribution < -0.4 is 5.32 Å². The van der Waals surface area contributed by atoms with E-state index >= 15 is 0 Å². The van der Waals surface area contributed by atoms with Gasteiger partial charge in [0.1, 0.15) is 5.82 Å². The molecule has 1 atom stereocenters. The molecule has 108 valence electrons. The largest absolute Gasteiger partial charge is 0.314 e. The van der Waals surface area contributed by atoms with E-state index in [1.54, 1.807) is 6.07 Å². The van der Waals surface area contributed by atoms with Gasteiger partial charge >= 0.3 is 0 Å². The Morgan fingerprint density at radius 2 is 2.05 bits per heavy atom. The highest BCUT2D eigenvalue weighted by molar-refractivity contribution is 14.1. The molecule has 5 heteroatoms. The van der Waals surface area contributed by atoms with E-state index in [-0.39, 0.29) is 24.3 Å². The summed E-state index contributed by atoms with van der Waals surface area (Å²) >= 11 is 2.26. The Kier molecular flexibility index (Phi) is 7.57. The minimum absolute atomic E-state index is 0. The number of nitrogens with zero attached hydrogens (tertiary/aromatic N) is 1. The summed E-state index contributed by atoms with van der Waals surface area (Å²) < 4.78 is 15.2. The summed E-state index contributed by atoms with van der Waals surface area (Å²) in [6.45, 7) is 6.20. The van der Waals surface area contributed by atoms with E-state index in [0.29, 0.717) is 0 Å². The maximum absolute atomic E-state index is 14.1. The van der Waals surface area contributed by atoms with Crippen molar-refractivity contribution in [1.29, 1.82) is 0 Å². The summed E-state index contributed by atoms with van der Waals surface area (Å²) in [5, 5.41) is 3.35. The average molecular weight is 399 g/mol. The van der Waals surface area contributed by atoms with Gasteiger partial charge in [0, 0.05) is 41.4 Å². The standard InChI is InChI=1S/C14H20FIN2.ClH/c1-2-3-14(18-8-6-17-7-9-18)12-10-11(16)4-5-13(12)15;/h4-5,10,14,17H,2-3,6-9H2,1H3;1H/t14-;/m0./s1. The SMILES string of the molecule is CCC[C@@H](c1cc(I)ccc1F)N1CCNCC1.Cl. The van der Waals surface area contributed by atoms with Gasteiger partial charge in [-0.2, -0.15) is 0 Å². The first-order valence-corrected chi connectivity index (χ1v) is 7.70. The molecular weight excluding hydrogens is 378 g/mol. The molecule has 1 heterocycles. The number of hydrogen-bond donors (Lipinski definition) is 1. The first-order chi connectivity index (χ1) is 8.72. The van der Waals surface area contributed by atoms with E-state index in [9.17, 15) is 4.39 Å². The van der Waals surface area contributed by atoms with Gasteiger partial charge in [0.15, 0.2) is 0 Å². The third kappa shape index (κ3) is 4.55. The number of hydrogen-bond acceptors (Lipinski definition) is 2. The number of piperazine rings is 1. The van der Waals surface area contributed by atoms with Crippen LogP contribution in [0.3, 0.4) is 0 Å². The number of benzene rings is 1. The molecule has 0 bridgehead atoms. The van der Waals surface area contributed by atoms with Crippen molar-refractivity contribution in [3.8, 4) is 0 Å². The van der Waals surface area contributed by atoms with Gasteiger partial charge in [-0.05, 0) is 47.2 Å². The second-order valence-corrected chi connectivity index (χ2v) is 6.00. The summed E-state index contributed by atoms with van der Waals surface area (Å²) in [6, 6.07) is 5.66. The lowest BCUT2D eigenvalue weighted by molar-refractivity contribution is 0.161. The lowest BCUT2D eigenvalue weighted by atomic mass is 9.99. The number of rotatable bonds is 4. The molecule has 2 nitrogen and oxygen atoms in total. The molecule has 0 aromatic heterocycles. The normalized spacial score (nSPS) is 17.8. The third-order valence-electron chi connectivity index (χ3n) is 3.47. The second-order valence-electron chi connectivity index (χ2n) is 4.76. The molecule has 0 spiro atoms. The minimum atomic E-state index is -0.0626. The summed E-state index contributed by atoms with van der Waals surface area (Å²) in [7, 11) is 0. The fourth-order valence-electron chi connectivity index (χ4n) is 2.57.